The highest BCUT2D eigenvalue weighted by Gasteiger charge is 2.34. The summed E-state index contributed by atoms with van der Waals surface area (Å²) in [5, 5.41) is 0. The predicted octanol–water partition coefficient (Wildman–Crippen LogP) is 4.93. The van der Waals surface area contributed by atoms with Crippen molar-refractivity contribution in [2.24, 2.45) is 11.3 Å². The Balaban J connectivity index is 1.84. The molecule has 204 valence electrons. The van der Waals surface area contributed by atoms with E-state index in [1.165, 1.54) is 6.08 Å². The Morgan fingerprint density at radius 1 is 1.16 bits per heavy atom. The van der Waals surface area contributed by atoms with Crippen LogP contribution in [0.5, 0.6) is 0 Å². The van der Waals surface area contributed by atoms with E-state index in [0.717, 1.165) is 12.0 Å². The van der Waals surface area contributed by atoms with Crippen LogP contribution < -0.4 is 0 Å². The van der Waals surface area contributed by atoms with Crippen molar-refractivity contribution in [2.45, 2.75) is 60.4 Å². The number of esters is 1. The maximum atomic E-state index is 13.8. The summed E-state index contributed by atoms with van der Waals surface area (Å²) in [5.41, 5.74) is 1.33. The van der Waals surface area contributed by atoms with E-state index in [-0.39, 0.29) is 47.1 Å². The minimum Gasteiger partial charge on any atom is -0.458 e. The van der Waals surface area contributed by atoms with Gasteiger partial charge in [-0.2, -0.15) is 0 Å². The molecule has 2 aromatic rings. The molecule has 3 rings (SSSR count). The van der Waals surface area contributed by atoms with E-state index in [9.17, 15) is 14.4 Å². The first-order valence-corrected chi connectivity index (χ1v) is 13.2. The van der Waals surface area contributed by atoms with Gasteiger partial charge >= 0.3 is 5.97 Å². The molecule has 2 unspecified atom stereocenters. The molecule has 2 heterocycles. The van der Waals surface area contributed by atoms with E-state index < -0.39 is 5.97 Å². The summed E-state index contributed by atoms with van der Waals surface area (Å²) < 4.78 is 5.26. The second-order valence-electron chi connectivity index (χ2n) is 11.4. The topological polar surface area (TPSA) is 92.7 Å². The largest absolute Gasteiger partial charge is 0.458 e. The number of aryl methyl sites for hydroxylation is 1. The summed E-state index contributed by atoms with van der Waals surface area (Å²) in [7, 11) is 0. The van der Waals surface area contributed by atoms with E-state index in [1.807, 2.05) is 42.2 Å². The summed E-state index contributed by atoms with van der Waals surface area (Å²) in [6.45, 7) is 17.0. The maximum Gasteiger partial charge on any atom is 0.342 e. The number of amides is 2. The quantitative estimate of drug-likeness (QED) is 0.362. The number of carbonyl (C=O) groups is 3. The van der Waals surface area contributed by atoms with Gasteiger partial charge in [0.25, 0.3) is 5.91 Å². The Labute approximate surface area is 226 Å². The minimum absolute atomic E-state index is 0.0104. The number of benzene rings is 1. The molecule has 0 saturated carbocycles. The lowest BCUT2D eigenvalue weighted by Gasteiger charge is -2.40. The van der Waals surface area contributed by atoms with Crippen LogP contribution in [0.3, 0.4) is 0 Å². The van der Waals surface area contributed by atoms with Crippen molar-refractivity contribution < 1.29 is 19.1 Å². The van der Waals surface area contributed by atoms with Crippen molar-refractivity contribution in [2.75, 3.05) is 26.2 Å². The first kappa shape index (κ1) is 29.0. The van der Waals surface area contributed by atoms with Crippen LogP contribution in [0.1, 0.15) is 74.0 Å². The number of aromatic nitrogens is 2. The molecule has 1 aromatic heterocycles. The van der Waals surface area contributed by atoms with Gasteiger partial charge in [-0.1, -0.05) is 70.7 Å². The van der Waals surface area contributed by atoms with Gasteiger partial charge in [0.15, 0.2) is 5.82 Å². The average Bonchev–Trinajstić information content (AvgIpc) is 2.85. The Bertz CT molecular complexity index is 1170. The molecule has 1 aliphatic heterocycles. The molecule has 0 bridgehead atoms. The van der Waals surface area contributed by atoms with Crippen molar-refractivity contribution in [1.29, 1.82) is 0 Å². The van der Waals surface area contributed by atoms with Gasteiger partial charge in [-0.05, 0) is 31.6 Å². The molecule has 1 aliphatic rings. The monoisotopic (exact) mass is 520 g/mol. The van der Waals surface area contributed by atoms with Crippen LogP contribution in [-0.2, 0) is 9.53 Å². The fourth-order valence-electron chi connectivity index (χ4n) is 5.09. The van der Waals surface area contributed by atoms with Gasteiger partial charge in [0, 0.05) is 37.7 Å². The lowest BCUT2D eigenvalue weighted by molar-refractivity contribution is -0.136. The zero-order chi connectivity index (χ0) is 28.0. The fourth-order valence-corrected chi connectivity index (χ4v) is 5.09. The summed E-state index contributed by atoms with van der Waals surface area (Å²) in [4.78, 5) is 52.4. The van der Waals surface area contributed by atoms with Crippen LogP contribution >= 0.6 is 0 Å². The van der Waals surface area contributed by atoms with Crippen LogP contribution in [-0.4, -0.2) is 69.8 Å². The molecule has 0 radical (unpaired) electrons. The molecule has 2 atom stereocenters. The normalized spacial score (nSPS) is 16.6. The number of ether oxygens (including phenoxy) is 1. The number of nitrogens with zero attached hydrogens (tertiary/aromatic N) is 4. The smallest absolute Gasteiger partial charge is 0.342 e. The van der Waals surface area contributed by atoms with Gasteiger partial charge in [0.2, 0.25) is 5.91 Å². The minimum atomic E-state index is -0.667. The summed E-state index contributed by atoms with van der Waals surface area (Å²) in [6, 6.07) is 9.16. The number of hydrogen-bond donors (Lipinski definition) is 0. The molecule has 1 aromatic carbocycles. The third-order valence-electron chi connectivity index (χ3n) is 6.58. The lowest BCUT2D eigenvalue weighted by atomic mass is 9.84. The van der Waals surface area contributed by atoms with Crippen LogP contribution in [0.2, 0.25) is 0 Å². The van der Waals surface area contributed by atoms with Gasteiger partial charge in [-0.15, -0.1) is 0 Å². The van der Waals surface area contributed by atoms with Crippen molar-refractivity contribution in [1.82, 2.24) is 19.8 Å². The lowest BCUT2D eigenvalue weighted by Crippen LogP contribution is -2.55. The predicted molar refractivity (Wildman–Crippen MR) is 148 cm³/mol. The van der Waals surface area contributed by atoms with Crippen LogP contribution in [0.25, 0.3) is 11.4 Å². The van der Waals surface area contributed by atoms with E-state index in [4.69, 9.17) is 4.74 Å². The zero-order valence-electron chi connectivity index (χ0n) is 23.5. The van der Waals surface area contributed by atoms with Crippen LogP contribution in [0.4, 0.5) is 0 Å². The second-order valence-corrected chi connectivity index (χ2v) is 11.4. The fraction of sp³-hybridized carbons (Fsp3) is 0.500. The molecule has 1 fully saturated rings. The first-order valence-electron chi connectivity index (χ1n) is 13.2. The van der Waals surface area contributed by atoms with Crippen molar-refractivity contribution in [3.8, 4) is 11.4 Å². The molecule has 0 N–H and O–H groups in total. The third kappa shape index (κ3) is 7.27. The van der Waals surface area contributed by atoms with Gasteiger partial charge in [-0.25, -0.2) is 14.8 Å². The Kier molecular flexibility index (Phi) is 9.41. The van der Waals surface area contributed by atoms with E-state index >= 15 is 0 Å². The third-order valence-corrected chi connectivity index (χ3v) is 6.58. The Morgan fingerprint density at radius 3 is 2.45 bits per heavy atom. The highest BCUT2D eigenvalue weighted by molar-refractivity contribution is 6.05. The van der Waals surface area contributed by atoms with Gasteiger partial charge in [0.05, 0.1) is 5.69 Å². The Hall–Kier alpha value is -3.55. The number of hydrogen-bond acceptors (Lipinski definition) is 6. The molecule has 8 nitrogen and oxygen atoms in total. The highest BCUT2D eigenvalue weighted by atomic mass is 16.5. The van der Waals surface area contributed by atoms with E-state index in [2.05, 4.69) is 44.2 Å². The molecule has 38 heavy (non-hydrogen) atoms. The van der Waals surface area contributed by atoms with Gasteiger partial charge < -0.3 is 14.5 Å². The standard InChI is InChI=1S/C30H40N4O4/c1-8-16-38-29(37)25-22(4)31-27(23-12-10-9-11-13-23)32-26(25)28(36)33-14-15-34(21(3)19-33)24(35)17-20(2)18-30(5,6)7/h8-13,20-21H,1,14-19H2,2-7H3. The SMILES string of the molecule is C=CCOC(=O)c1c(C)nc(-c2ccccc2)nc1C(=O)N1CCN(C(=O)CC(C)CC(C)(C)C)C(C)C1. The van der Waals surface area contributed by atoms with Gasteiger partial charge in [-0.3, -0.25) is 9.59 Å². The summed E-state index contributed by atoms with van der Waals surface area (Å²) >= 11 is 0. The second kappa shape index (κ2) is 12.3. The Morgan fingerprint density at radius 2 is 1.84 bits per heavy atom. The number of rotatable bonds is 8. The van der Waals surface area contributed by atoms with Crippen LogP contribution in [0, 0.1) is 18.3 Å². The molecule has 0 spiro atoms. The van der Waals surface area contributed by atoms with Crippen molar-refractivity contribution in [3.63, 3.8) is 0 Å². The van der Waals surface area contributed by atoms with Crippen LogP contribution in [0.15, 0.2) is 43.0 Å². The molecule has 1 saturated heterocycles. The molecule has 8 heteroatoms. The molecular weight excluding hydrogens is 480 g/mol. The molecular formula is C30H40N4O4. The zero-order valence-corrected chi connectivity index (χ0v) is 23.5. The maximum absolute atomic E-state index is 13.8. The van der Waals surface area contributed by atoms with Crippen molar-refractivity contribution in [3.05, 3.63) is 59.9 Å². The summed E-state index contributed by atoms with van der Waals surface area (Å²) in [6.07, 6.45) is 2.92. The molecule has 2 amide bonds. The molecule has 0 aliphatic carbocycles. The number of piperazine rings is 1. The highest BCUT2D eigenvalue weighted by Crippen LogP contribution is 2.27. The van der Waals surface area contributed by atoms with Crippen molar-refractivity contribution >= 4 is 17.8 Å². The first-order chi connectivity index (χ1) is 17.9. The number of carbonyl (C=O) groups excluding carboxylic acids is 3. The van der Waals surface area contributed by atoms with E-state index in [0.29, 0.717) is 37.6 Å². The van der Waals surface area contributed by atoms with E-state index in [1.54, 1.807) is 11.8 Å². The summed E-state index contributed by atoms with van der Waals surface area (Å²) in [5.74, 6) is -0.294. The van der Waals surface area contributed by atoms with Gasteiger partial charge in [0.1, 0.15) is 17.9 Å². The average molecular weight is 521 g/mol.